The highest BCUT2D eigenvalue weighted by molar-refractivity contribution is 7.89. The van der Waals surface area contributed by atoms with Crippen LogP contribution in [-0.4, -0.2) is 20.4 Å². The molecule has 2 atom stereocenters. The number of primary sulfonamides is 1. The van der Waals surface area contributed by atoms with E-state index in [9.17, 15) is 13.2 Å². The molecule has 1 aliphatic carbocycles. The number of hydrogen-bond acceptors (Lipinski definition) is 3. The Hall–Kier alpha value is -2.18. The molecule has 2 aromatic rings. The van der Waals surface area contributed by atoms with Gasteiger partial charge in [-0.3, -0.25) is 4.79 Å². The minimum Gasteiger partial charge on any atom is -0.348 e. The van der Waals surface area contributed by atoms with E-state index >= 15 is 0 Å². The summed E-state index contributed by atoms with van der Waals surface area (Å²) >= 11 is 0. The van der Waals surface area contributed by atoms with E-state index in [1.54, 1.807) is 0 Å². The number of benzene rings is 2. The van der Waals surface area contributed by atoms with Gasteiger partial charge in [-0.1, -0.05) is 44.2 Å². The number of rotatable bonds is 4. The molecule has 1 saturated carbocycles. The van der Waals surface area contributed by atoms with Gasteiger partial charge in [0.1, 0.15) is 0 Å². The second-order valence-corrected chi connectivity index (χ2v) is 8.29. The lowest BCUT2D eigenvalue weighted by Gasteiger charge is -2.07. The van der Waals surface area contributed by atoms with Gasteiger partial charge in [0.05, 0.1) is 4.90 Å². The highest BCUT2D eigenvalue weighted by Gasteiger charge is 2.59. The summed E-state index contributed by atoms with van der Waals surface area (Å²) in [4.78, 5) is 12.4. The smallest absolute Gasteiger partial charge is 0.251 e. The standard InChI is InChI=1S/C18H20N2O3S/c1-18(2)15(12-6-4-3-5-7-12)16(18)20-17(21)13-8-10-14(11-9-13)24(19,22)23/h3-11,15-16H,1-2H3,(H,20,21)(H2,19,22,23)/t15-,16-/m1/s1. The Balaban J connectivity index is 1.74. The van der Waals surface area contributed by atoms with Gasteiger partial charge in [-0.15, -0.1) is 0 Å². The molecule has 5 nitrogen and oxygen atoms in total. The average molecular weight is 344 g/mol. The van der Waals surface area contributed by atoms with Gasteiger partial charge in [-0.05, 0) is 35.2 Å². The Labute approximate surface area is 141 Å². The van der Waals surface area contributed by atoms with Crippen LogP contribution < -0.4 is 10.5 Å². The lowest BCUT2D eigenvalue weighted by Crippen LogP contribution is -2.28. The molecule has 24 heavy (non-hydrogen) atoms. The molecule has 0 heterocycles. The van der Waals surface area contributed by atoms with Crippen molar-refractivity contribution in [2.45, 2.75) is 30.7 Å². The third-order valence-corrected chi connectivity index (χ3v) is 5.65. The summed E-state index contributed by atoms with van der Waals surface area (Å²) < 4.78 is 22.5. The third kappa shape index (κ3) is 3.07. The number of nitrogens with one attached hydrogen (secondary N) is 1. The minimum absolute atomic E-state index is 0.00651. The summed E-state index contributed by atoms with van der Waals surface area (Å²) in [6, 6.07) is 15.8. The predicted octanol–water partition coefficient (Wildman–Crippen LogP) is 2.26. The van der Waals surface area contributed by atoms with Crippen molar-refractivity contribution in [3.05, 3.63) is 65.7 Å². The predicted molar refractivity (Wildman–Crippen MR) is 92.0 cm³/mol. The van der Waals surface area contributed by atoms with Gasteiger partial charge >= 0.3 is 0 Å². The van der Waals surface area contributed by atoms with Gasteiger partial charge in [0.15, 0.2) is 0 Å². The monoisotopic (exact) mass is 344 g/mol. The lowest BCUT2D eigenvalue weighted by molar-refractivity contribution is 0.0946. The topological polar surface area (TPSA) is 89.3 Å². The number of carbonyl (C=O) groups is 1. The maximum atomic E-state index is 12.4. The normalized spacial score (nSPS) is 22.0. The van der Waals surface area contributed by atoms with Crippen molar-refractivity contribution in [2.75, 3.05) is 0 Å². The zero-order valence-corrected chi connectivity index (χ0v) is 14.4. The van der Waals surface area contributed by atoms with Gasteiger partial charge in [0, 0.05) is 17.5 Å². The van der Waals surface area contributed by atoms with Gasteiger partial charge in [-0.25, -0.2) is 13.6 Å². The molecular formula is C18H20N2O3S. The largest absolute Gasteiger partial charge is 0.348 e. The van der Waals surface area contributed by atoms with Crippen LogP contribution in [0.3, 0.4) is 0 Å². The summed E-state index contributed by atoms with van der Waals surface area (Å²) in [7, 11) is -3.75. The van der Waals surface area contributed by atoms with E-state index in [1.807, 2.05) is 18.2 Å². The Kier molecular flexibility index (Phi) is 3.97. The van der Waals surface area contributed by atoms with Crippen molar-refractivity contribution in [1.29, 1.82) is 0 Å². The zero-order valence-electron chi connectivity index (χ0n) is 13.6. The second kappa shape index (κ2) is 5.72. The molecule has 0 spiro atoms. The van der Waals surface area contributed by atoms with E-state index in [1.165, 1.54) is 29.8 Å². The Morgan fingerprint density at radius 1 is 1.04 bits per heavy atom. The molecule has 1 aliphatic rings. The van der Waals surface area contributed by atoms with Crippen LogP contribution in [0.2, 0.25) is 0 Å². The van der Waals surface area contributed by atoms with Crippen LogP contribution in [0.4, 0.5) is 0 Å². The first-order valence-corrected chi connectivity index (χ1v) is 9.24. The van der Waals surface area contributed by atoms with E-state index < -0.39 is 10.0 Å². The molecule has 3 N–H and O–H groups in total. The number of amides is 1. The van der Waals surface area contributed by atoms with Crippen LogP contribution in [0.5, 0.6) is 0 Å². The summed E-state index contributed by atoms with van der Waals surface area (Å²) in [5, 5.41) is 8.11. The number of nitrogens with two attached hydrogens (primary N) is 1. The van der Waals surface area contributed by atoms with Gasteiger partial charge in [-0.2, -0.15) is 0 Å². The van der Waals surface area contributed by atoms with Crippen molar-refractivity contribution >= 4 is 15.9 Å². The van der Waals surface area contributed by atoms with Crippen LogP contribution >= 0.6 is 0 Å². The van der Waals surface area contributed by atoms with Crippen molar-refractivity contribution < 1.29 is 13.2 Å². The van der Waals surface area contributed by atoms with E-state index in [2.05, 4.69) is 31.3 Å². The maximum Gasteiger partial charge on any atom is 0.251 e. The Morgan fingerprint density at radius 3 is 2.17 bits per heavy atom. The fourth-order valence-corrected chi connectivity index (χ4v) is 3.73. The van der Waals surface area contributed by atoms with E-state index in [0.29, 0.717) is 5.56 Å². The third-order valence-electron chi connectivity index (χ3n) is 4.72. The first-order valence-electron chi connectivity index (χ1n) is 7.70. The first-order chi connectivity index (χ1) is 11.2. The molecular weight excluding hydrogens is 324 g/mol. The maximum absolute atomic E-state index is 12.4. The van der Waals surface area contributed by atoms with Crippen molar-refractivity contribution in [3.8, 4) is 0 Å². The second-order valence-electron chi connectivity index (χ2n) is 6.73. The Bertz CT molecular complexity index is 859. The number of hydrogen-bond donors (Lipinski definition) is 2. The molecule has 2 aromatic carbocycles. The minimum atomic E-state index is -3.75. The highest BCUT2D eigenvalue weighted by Crippen LogP contribution is 2.58. The summed E-state index contributed by atoms with van der Waals surface area (Å²) in [5.41, 5.74) is 1.60. The molecule has 0 aliphatic heterocycles. The Morgan fingerprint density at radius 2 is 1.62 bits per heavy atom. The van der Waals surface area contributed by atoms with Crippen molar-refractivity contribution in [3.63, 3.8) is 0 Å². The average Bonchev–Trinajstić information content (AvgIpc) is 3.08. The van der Waals surface area contributed by atoms with Gasteiger partial charge in [0.2, 0.25) is 10.0 Å². The van der Waals surface area contributed by atoms with Crippen LogP contribution in [0.15, 0.2) is 59.5 Å². The van der Waals surface area contributed by atoms with Crippen molar-refractivity contribution in [1.82, 2.24) is 5.32 Å². The van der Waals surface area contributed by atoms with Gasteiger partial charge < -0.3 is 5.32 Å². The van der Waals surface area contributed by atoms with Crippen LogP contribution in [0.25, 0.3) is 0 Å². The van der Waals surface area contributed by atoms with E-state index in [-0.39, 0.29) is 28.2 Å². The summed E-state index contributed by atoms with van der Waals surface area (Å²) in [6.07, 6.45) is 0. The molecule has 0 bridgehead atoms. The SMILES string of the molecule is CC1(C)[C@H](NC(=O)c2ccc(S(N)(=O)=O)cc2)[C@H]1c1ccccc1. The fourth-order valence-electron chi connectivity index (χ4n) is 3.21. The molecule has 0 saturated heterocycles. The molecule has 3 rings (SSSR count). The molecule has 1 fully saturated rings. The molecule has 126 valence electrons. The van der Waals surface area contributed by atoms with Gasteiger partial charge in [0.25, 0.3) is 5.91 Å². The quantitative estimate of drug-likeness (QED) is 0.891. The van der Waals surface area contributed by atoms with Crippen LogP contribution in [0.1, 0.15) is 35.7 Å². The lowest BCUT2D eigenvalue weighted by atomic mass is 10.0. The fraction of sp³-hybridized carbons (Fsp3) is 0.278. The van der Waals surface area contributed by atoms with E-state index in [4.69, 9.17) is 5.14 Å². The zero-order chi connectivity index (χ0) is 17.5. The first kappa shape index (κ1) is 16.7. The highest BCUT2D eigenvalue weighted by atomic mass is 32.2. The van der Waals surface area contributed by atoms with Crippen molar-refractivity contribution in [2.24, 2.45) is 10.6 Å². The van der Waals surface area contributed by atoms with Crippen LogP contribution in [-0.2, 0) is 10.0 Å². The van der Waals surface area contributed by atoms with E-state index in [0.717, 1.165) is 0 Å². The molecule has 0 unspecified atom stereocenters. The molecule has 0 radical (unpaired) electrons. The number of sulfonamides is 1. The summed E-state index contributed by atoms with van der Waals surface area (Å²) in [6.45, 7) is 4.25. The summed E-state index contributed by atoms with van der Waals surface area (Å²) in [5.74, 6) is 0.0545. The molecule has 0 aromatic heterocycles. The van der Waals surface area contributed by atoms with Crippen LogP contribution in [0, 0.1) is 5.41 Å². The molecule has 6 heteroatoms. The molecule has 1 amide bonds. The number of carbonyl (C=O) groups excluding carboxylic acids is 1.